The molecule has 0 aliphatic carbocycles. The van der Waals surface area contributed by atoms with E-state index in [0.29, 0.717) is 12.1 Å². The summed E-state index contributed by atoms with van der Waals surface area (Å²) in [7, 11) is 0. The van der Waals surface area contributed by atoms with E-state index in [4.69, 9.17) is 0 Å². The topological polar surface area (TPSA) is 46.9 Å². The van der Waals surface area contributed by atoms with Crippen molar-refractivity contribution in [2.24, 2.45) is 0 Å². The summed E-state index contributed by atoms with van der Waals surface area (Å²) in [5, 5.41) is 7.56. The highest BCUT2D eigenvalue weighted by atomic mass is 16.1. The number of hydrogen-bond donors (Lipinski definition) is 1. The van der Waals surface area contributed by atoms with Crippen LogP contribution in [0.15, 0.2) is 97.2 Å². The van der Waals surface area contributed by atoms with E-state index in [2.05, 4.69) is 22.5 Å². The van der Waals surface area contributed by atoms with Crippen LogP contribution in [0.1, 0.15) is 27.2 Å². The molecule has 29 heavy (non-hydrogen) atoms. The number of para-hydroxylation sites is 1. The lowest BCUT2D eigenvalue weighted by Gasteiger charge is -2.11. The number of amides is 1. The summed E-state index contributed by atoms with van der Waals surface area (Å²) in [6.45, 7) is 0.494. The minimum atomic E-state index is -0.0981. The van der Waals surface area contributed by atoms with Gasteiger partial charge in [-0.15, -0.1) is 0 Å². The molecule has 0 fully saturated rings. The normalized spacial score (nSPS) is 10.6. The molecule has 4 aromatic rings. The van der Waals surface area contributed by atoms with Crippen LogP contribution in [0.25, 0.3) is 5.69 Å². The van der Waals surface area contributed by atoms with Gasteiger partial charge in [-0.2, -0.15) is 5.10 Å². The summed E-state index contributed by atoms with van der Waals surface area (Å²) >= 11 is 0. The predicted octanol–water partition coefficient (Wildman–Crippen LogP) is 4.59. The maximum Gasteiger partial charge on any atom is 0.255 e. The molecule has 0 saturated carbocycles. The molecule has 1 aromatic heterocycles. The van der Waals surface area contributed by atoms with Gasteiger partial charge in [0, 0.05) is 6.54 Å². The average molecular weight is 381 g/mol. The Morgan fingerprint density at radius 2 is 1.34 bits per heavy atom. The summed E-state index contributed by atoms with van der Waals surface area (Å²) in [6.07, 6.45) is 3.25. The molecule has 1 N–H and O–H groups in total. The van der Waals surface area contributed by atoms with E-state index >= 15 is 0 Å². The second kappa shape index (κ2) is 9.02. The van der Waals surface area contributed by atoms with Crippen molar-refractivity contribution >= 4 is 5.91 Å². The maximum atomic E-state index is 12.9. The number of carbonyl (C=O) groups is 1. The molecule has 144 valence electrons. The largest absolute Gasteiger partial charge is 0.348 e. The number of aromatic nitrogens is 2. The van der Waals surface area contributed by atoms with Crippen LogP contribution < -0.4 is 5.32 Å². The molecule has 0 atom stereocenters. The van der Waals surface area contributed by atoms with Gasteiger partial charge >= 0.3 is 0 Å². The van der Waals surface area contributed by atoms with Crippen molar-refractivity contribution in [2.45, 2.75) is 19.4 Å². The number of hydrogen-bond acceptors (Lipinski definition) is 2. The lowest BCUT2D eigenvalue weighted by atomic mass is 10.1. The summed E-state index contributed by atoms with van der Waals surface area (Å²) in [4.78, 5) is 12.9. The third-order valence-corrected chi connectivity index (χ3v) is 4.90. The highest BCUT2D eigenvalue weighted by Crippen LogP contribution is 2.18. The third-order valence-electron chi connectivity index (χ3n) is 4.90. The fraction of sp³-hybridized carbons (Fsp3) is 0.120. The van der Waals surface area contributed by atoms with Crippen molar-refractivity contribution in [1.29, 1.82) is 0 Å². The van der Waals surface area contributed by atoms with Crippen molar-refractivity contribution in [1.82, 2.24) is 15.1 Å². The summed E-state index contributed by atoms with van der Waals surface area (Å²) in [5.74, 6) is -0.0981. The van der Waals surface area contributed by atoms with E-state index in [0.717, 1.165) is 29.8 Å². The van der Waals surface area contributed by atoms with E-state index in [-0.39, 0.29) is 5.91 Å². The molecule has 0 bridgehead atoms. The Morgan fingerprint density at radius 1 is 0.759 bits per heavy atom. The number of nitrogens with zero attached hydrogens (tertiary/aromatic N) is 2. The van der Waals surface area contributed by atoms with Crippen molar-refractivity contribution in [3.63, 3.8) is 0 Å². The molecule has 4 rings (SSSR count). The molecule has 0 spiro atoms. The third kappa shape index (κ3) is 4.61. The second-order valence-electron chi connectivity index (χ2n) is 6.91. The summed E-state index contributed by atoms with van der Waals surface area (Å²) < 4.78 is 1.88. The van der Waals surface area contributed by atoms with Gasteiger partial charge in [0.25, 0.3) is 5.91 Å². The molecule has 0 radical (unpaired) electrons. The minimum Gasteiger partial charge on any atom is -0.348 e. The molecule has 0 unspecified atom stereocenters. The Hall–Kier alpha value is -3.66. The van der Waals surface area contributed by atoms with Crippen LogP contribution >= 0.6 is 0 Å². The van der Waals surface area contributed by atoms with Crippen molar-refractivity contribution in [3.8, 4) is 5.69 Å². The fourth-order valence-corrected chi connectivity index (χ4v) is 3.38. The average Bonchev–Trinajstić information content (AvgIpc) is 3.22. The van der Waals surface area contributed by atoms with Crippen LogP contribution in [-0.2, 0) is 19.4 Å². The zero-order chi connectivity index (χ0) is 19.9. The number of benzene rings is 3. The molecule has 0 saturated heterocycles. The number of nitrogens with one attached hydrogen (secondary N) is 1. The van der Waals surface area contributed by atoms with Gasteiger partial charge < -0.3 is 5.32 Å². The van der Waals surface area contributed by atoms with Gasteiger partial charge in [-0.1, -0.05) is 78.9 Å². The zero-order valence-electron chi connectivity index (χ0n) is 16.2. The molecule has 0 aliphatic heterocycles. The number of carbonyl (C=O) groups excluding carboxylic acids is 1. The Labute approximate surface area is 170 Å². The molecule has 1 amide bonds. The maximum absolute atomic E-state index is 12.9. The van der Waals surface area contributed by atoms with E-state index in [1.54, 1.807) is 6.20 Å². The number of aryl methyl sites for hydroxylation is 1. The molecular formula is C25H23N3O. The Kier molecular flexibility index (Phi) is 5.81. The second-order valence-corrected chi connectivity index (χ2v) is 6.91. The Morgan fingerprint density at radius 3 is 2.00 bits per heavy atom. The van der Waals surface area contributed by atoms with Crippen LogP contribution in [0.5, 0.6) is 0 Å². The van der Waals surface area contributed by atoms with E-state index < -0.39 is 0 Å². The first-order valence-corrected chi connectivity index (χ1v) is 9.79. The molecule has 0 aliphatic rings. The lowest BCUT2D eigenvalue weighted by Crippen LogP contribution is -2.24. The quantitative estimate of drug-likeness (QED) is 0.509. The SMILES string of the molecule is O=C(NCc1ccccc1)c1cnn(-c2ccccc2)c1CCc1ccccc1. The molecule has 4 heteroatoms. The predicted molar refractivity (Wildman–Crippen MR) is 115 cm³/mol. The molecule has 4 nitrogen and oxygen atoms in total. The molecule has 1 heterocycles. The summed E-state index contributed by atoms with van der Waals surface area (Å²) in [6, 6.07) is 30.2. The van der Waals surface area contributed by atoms with Crippen molar-refractivity contribution < 1.29 is 4.79 Å². The Bertz CT molecular complexity index is 1060. The van der Waals surface area contributed by atoms with E-state index in [1.165, 1.54) is 5.56 Å². The van der Waals surface area contributed by atoms with Gasteiger partial charge in [-0.3, -0.25) is 4.79 Å². The van der Waals surface area contributed by atoms with Gasteiger partial charge in [0.2, 0.25) is 0 Å². The fourth-order valence-electron chi connectivity index (χ4n) is 3.38. The van der Waals surface area contributed by atoms with Gasteiger partial charge in [0.1, 0.15) is 0 Å². The first kappa shape index (κ1) is 18.7. The van der Waals surface area contributed by atoms with Crippen LogP contribution in [-0.4, -0.2) is 15.7 Å². The van der Waals surface area contributed by atoms with E-state index in [9.17, 15) is 4.79 Å². The van der Waals surface area contributed by atoms with Crippen LogP contribution in [0, 0.1) is 0 Å². The van der Waals surface area contributed by atoms with Crippen LogP contribution in [0.2, 0.25) is 0 Å². The molecular weight excluding hydrogens is 358 g/mol. The lowest BCUT2D eigenvalue weighted by molar-refractivity contribution is 0.0950. The van der Waals surface area contributed by atoms with Crippen LogP contribution in [0.4, 0.5) is 0 Å². The highest BCUT2D eigenvalue weighted by molar-refractivity contribution is 5.95. The summed E-state index contributed by atoms with van der Waals surface area (Å²) in [5.41, 5.74) is 4.81. The van der Waals surface area contributed by atoms with Gasteiger partial charge in [0.05, 0.1) is 23.1 Å². The Balaban J connectivity index is 1.58. The van der Waals surface area contributed by atoms with Gasteiger partial charge in [0.15, 0.2) is 0 Å². The molecule has 3 aromatic carbocycles. The first-order chi connectivity index (χ1) is 14.3. The number of rotatable bonds is 7. The monoisotopic (exact) mass is 381 g/mol. The highest BCUT2D eigenvalue weighted by Gasteiger charge is 2.18. The minimum absolute atomic E-state index is 0.0981. The van der Waals surface area contributed by atoms with Crippen LogP contribution in [0.3, 0.4) is 0 Å². The van der Waals surface area contributed by atoms with Gasteiger partial charge in [-0.25, -0.2) is 4.68 Å². The van der Waals surface area contributed by atoms with Gasteiger partial charge in [-0.05, 0) is 36.1 Å². The van der Waals surface area contributed by atoms with E-state index in [1.807, 2.05) is 83.5 Å². The zero-order valence-corrected chi connectivity index (χ0v) is 16.2. The smallest absolute Gasteiger partial charge is 0.255 e. The standard InChI is InChI=1S/C25H23N3O/c29-25(26-18-21-12-6-2-7-13-21)23-19-27-28(22-14-8-3-9-15-22)24(23)17-16-20-10-4-1-5-11-20/h1-15,19H,16-18H2,(H,26,29). The first-order valence-electron chi connectivity index (χ1n) is 9.79. The van der Waals surface area contributed by atoms with Crippen molar-refractivity contribution in [3.05, 3.63) is 120 Å². The van der Waals surface area contributed by atoms with Crippen molar-refractivity contribution in [2.75, 3.05) is 0 Å².